The molecule has 0 aliphatic carbocycles. The number of alkyl halides is 3. The van der Waals surface area contributed by atoms with Crippen LogP contribution in [0.25, 0.3) is 0 Å². The van der Waals surface area contributed by atoms with Gasteiger partial charge in [0, 0.05) is 10.2 Å². The molecule has 0 unspecified atom stereocenters. The summed E-state index contributed by atoms with van der Waals surface area (Å²) in [6, 6.07) is 0.373. The van der Waals surface area contributed by atoms with Crippen molar-refractivity contribution >= 4 is 45.0 Å². The summed E-state index contributed by atoms with van der Waals surface area (Å²) in [6.45, 7) is 0. The van der Waals surface area contributed by atoms with Gasteiger partial charge in [-0.05, 0) is 6.04 Å². The van der Waals surface area contributed by atoms with Crippen molar-refractivity contribution in [1.82, 2.24) is 0 Å². The van der Waals surface area contributed by atoms with Crippen LogP contribution in [0.4, 0.5) is 0 Å². The fraction of sp³-hybridized carbons (Fsp3) is 1.00. The largest absolute Gasteiger partial charge is 0.187 e. The van der Waals surface area contributed by atoms with Crippen molar-refractivity contribution < 1.29 is 0 Å². The van der Waals surface area contributed by atoms with E-state index in [1.807, 2.05) is 0 Å². The molecule has 3 radical (unpaired) electrons. The first-order chi connectivity index (χ1) is 2.56. The molecule has 35 valence electrons. The lowest BCUT2D eigenvalue weighted by atomic mass is 10.9. The van der Waals surface area contributed by atoms with Crippen molar-refractivity contribution in [3.05, 3.63) is 0 Å². The van der Waals surface area contributed by atoms with Gasteiger partial charge in [-0.15, -0.1) is 0 Å². The van der Waals surface area contributed by atoms with Crippen LogP contribution in [-0.2, 0) is 0 Å². The van der Waals surface area contributed by atoms with Crippen LogP contribution in [-0.4, -0.2) is 14.0 Å². The van der Waals surface area contributed by atoms with E-state index in [1.54, 1.807) is 0 Å². The number of halogens is 3. The van der Waals surface area contributed by atoms with E-state index in [0.717, 1.165) is 0 Å². The third-order valence-electron chi connectivity index (χ3n) is 0.200. The maximum Gasteiger partial charge on any atom is 0.187 e. The minimum atomic E-state index is -1.13. The molecule has 0 nitrogen and oxygen atoms in total. The SMILES string of the molecule is [Si]CC(Cl)(Cl)Cl. The summed E-state index contributed by atoms with van der Waals surface area (Å²) >= 11 is 15.6. The van der Waals surface area contributed by atoms with Crippen LogP contribution >= 0.6 is 34.8 Å². The van der Waals surface area contributed by atoms with E-state index in [4.69, 9.17) is 34.8 Å². The second-order valence-electron chi connectivity index (χ2n) is 0.792. The second kappa shape index (κ2) is 2.41. The third-order valence-corrected chi connectivity index (χ3v) is 1.80. The van der Waals surface area contributed by atoms with Crippen molar-refractivity contribution in [1.29, 1.82) is 0 Å². The van der Waals surface area contributed by atoms with Crippen molar-refractivity contribution in [2.75, 3.05) is 0 Å². The molecule has 0 bridgehead atoms. The molecule has 0 fully saturated rings. The Labute approximate surface area is 55.2 Å². The fourth-order valence-corrected chi connectivity index (χ4v) is 0. The van der Waals surface area contributed by atoms with Gasteiger partial charge in [-0.1, -0.05) is 34.8 Å². The van der Waals surface area contributed by atoms with Gasteiger partial charge >= 0.3 is 0 Å². The Morgan fingerprint density at radius 1 is 1.33 bits per heavy atom. The van der Waals surface area contributed by atoms with Crippen LogP contribution in [0, 0.1) is 0 Å². The van der Waals surface area contributed by atoms with Gasteiger partial charge in [-0.2, -0.15) is 0 Å². The van der Waals surface area contributed by atoms with Gasteiger partial charge in [0.05, 0.1) is 0 Å². The Balaban J connectivity index is 3.17. The molecule has 0 spiro atoms. The summed E-state index contributed by atoms with van der Waals surface area (Å²) in [6.07, 6.45) is 0. The van der Waals surface area contributed by atoms with Crippen molar-refractivity contribution in [3.8, 4) is 0 Å². The highest BCUT2D eigenvalue weighted by Crippen LogP contribution is 2.28. The predicted molar refractivity (Wildman–Crippen MR) is 30.9 cm³/mol. The molecule has 0 saturated heterocycles. The molecule has 0 aliphatic heterocycles. The van der Waals surface area contributed by atoms with E-state index in [-0.39, 0.29) is 0 Å². The Bertz CT molecular complexity index is 38.5. The number of hydrogen-bond acceptors (Lipinski definition) is 0. The smallest absolute Gasteiger partial charge is 0.0841 e. The molecular formula is C2H2Cl3Si. The fourth-order valence-electron chi connectivity index (χ4n) is 0. The summed E-state index contributed by atoms with van der Waals surface area (Å²) in [4.78, 5) is 0. The van der Waals surface area contributed by atoms with Gasteiger partial charge in [-0.3, -0.25) is 0 Å². The standard InChI is InChI=1S/C2H2Cl3Si/c3-2(4,5)1-6/h1H2. The van der Waals surface area contributed by atoms with E-state index < -0.39 is 3.79 Å². The van der Waals surface area contributed by atoms with E-state index in [2.05, 4.69) is 10.2 Å². The van der Waals surface area contributed by atoms with E-state index in [9.17, 15) is 0 Å². The molecule has 0 aromatic heterocycles. The van der Waals surface area contributed by atoms with E-state index >= 15 is 0 Å². The summed E-state index contributed by atoms with van der Waals surface area (Å²) in [7, 11) is 3.02. The van der Waals surface area contributed by atoms with Gasteiger partial charge < -0.3 is 0 Å². The molecule has 0 N–H and O–H groups in total. The number of hydrogen-bond donors (Lipinski definition) is 0. The Morgan fingerprint density at radius 3 is 1.50 bits per heavy atom. The van der Waals surface area contributed by atoms with Gasteiger partial charge in [-0.25, -0.2) is 0 Å². The highest BCUT2D eigenvalue weighted by Gasteiger charge is 2.14. The first-order valence-corrected chi connectivity index (χ1v) is 3.12. The minimum absolute atomic E-state index is 0.373. The van der Waals surface area contributed by atoms with Crippen LogP contribution in [0.15, 0.2) is 0 Å². The topological polar surface area (TPSA) is 0 Å². The Hall–Kier alpha value is 1.09. The Morgan fingerprint density at radius 2 is 1.50 bits per heavy atom. The molecule has 6 heavy (non-hydrogen) atoms. The molecule has 0 amide bonds. The average Bonchev–Trinajstić information content (AvgIpc) is 1.35. The summed E-state index contributed by atoms with van der Waals surface area (Å²) in [5.41, 5.74) is 0. The number of rotatable bonds is 0. The first-order valence-electron chi connectivity index (χ1n) is 1.27. The van der Waals surface area contributed by atoms with Gasteiger partial charge in [0.15, 0.2) is 3.79 Å². The molecule has 0 aliphatic rings. The molecule has 0 saturated carbocycles. The lowest BCUT2D eigenvalue weighted by molar-refractivity contribution is 1.26. The lowest BCUT2D eigenvalue weighted by Gasteiger charge is -2.02. The quantitative estimate of drug-likeness (QED) is 0.375. The maximum absolute atomic E-state index is 5.20. The van der Waals surface area contributed by atoms with Crippen molar-refractivity contribution in [3.63, 3.8) is 0 Å². The second-order valence-corrected chi connectivity index (χ2v) is 3.66. The zero-order valence-electron chi connectivity index (χ0n) is 2.84. The molecule has 0 aromatic rings. The van der Waals surface area contributed by atoms with Gasteiger partial charge in [0.1, 0.15) is 0 Å². The molecule has 0 rings (SSSR count). The Kier molecular flexibility index (Phi) is 2.84. The zero-order chi connectivity index (χ0) is 5.21. The molecule has 0 aromatic carbocycles. The average molecular weight is 160 g/mol. The molecule has 4 heteroatoms. The van der Waals surface area contributed by atoms with Crippen molar-refractivity contribution in [2.24, 2.45) is 0 Å². The van der Waals surface area contributed by atoms with Crippen LogP contribution in [0.2, 0.25) is 6.04 Å². The summed E-state index contributed by atoms with van der Waals surface area (Å²) in [5, 5.41) is 0. The van der Waals surface area contributed by atoms with Gasteiger partial charge in [0.2, 0.25) is 0 Å². The third kappa shape index (κ3) is 5.09. The normalized spacial score (nSPS) is 12.0. The predicted octanol–water partition coefficient (Wildman–Crippen LogP) is 1.94. The first kappa shape index (κ1) is 7.09. The summed E-state index contributed by atoms with van der Waals surface area (Å²) < 4.78 is -1.13. The van der Waals surface area contributed by atoms with Crippen LogP contribution in [0.1, 0.15) is 0 Å². The minimum Gasteiger partial charge on any atom is -0.0841 e. The molecule has 0 heterocycles. The van der Waals surface area contributed by atoms with E-state index in [1.165, 1.54) is 0 Å². The van der Waals surface area contributed by atoms with Crippen LogP contribution < -0.4 is 0 Å². The molecule has 0 atom stereocenters. The van der Waals surface area contributed by atoms with E-state index in [0.29, 0.717) is 6.04 Å². The van der Waals surface area contributed by atoms with Gasteiger partial charge in [0.25, 0.3) is 0 Å². The van der Waals surface area contributed by atoms with Crippen LogP contribution in [0.3, 0.4) is 0 Å². The molecular weight excluding hydrogens is 158 g/mol. The highest BCUT2D eigenvalue weighted by atomic mass is 35.6. The lowest BCUT2D eigenvalue weighted by Crippen LogP contribution is -1.97. The zero-order valence-corrected chi connectivity index (χ0v) is 6.11. The summed E-state index contributed by atoms with van der Waals surface area (Å²) in [5.74, 6) is 0. The highest BCUT2D eigenvalue weighted by molar-refractivity contribution is 6.69. The maximum atomic E-state index is 5.20. The monoisotopic (exact) mass is 159 g/mol. The van der Waals surface area contributed by atoms with Crippen LogP contribution in [0.5, 0.6) is 0 Å². The van der Waals surface area contributed by atoms with Crippen molar-refractivity contribution in [2.45, 2.75) is 9.84 Å².